The molecule has 5 nitrogen and oxygen atoms in total. The lowest BCUT2D eigenvalue weighted by atomic mass is 10.2. The Bertz CT molecular complexity index is 779. The van der Waals surface area contributed by atoms with Gasteiger partial charge in [-0.25, -0.2) is 4.68 Å². The SMILES string of the molecule is Cn1nnc2cc(C(=O)Nc3ccc(I)cc3)ccc21. The van der Waals surface area contributed by atoms with Gasteiger partial charge in [0.15, 0.2) is 0 Å². The monoisotopic (exact) mass is 378 g/mol. The van der Waals surface area contributed by atoms with Gasteiger partial charge in [-0.05, 0) is 65.1 Å². The first-order valence-corrected chi connectivity index (χ1v) is 7.08. The van der Waals surface area contributed by atoms with E-state index in [0.717, 1.165) is 14.8 Å². The number of benzene rings is 2. The fourth-order valence-electron chi connectivity index (χ4n) is 1.92. The topological polar surface area (TPSA) is 59.8 Å². The summed E-state index contributed by atoms with van der Waals surface area (Å²) in [6, 6.07) is 13.0. The van der Waals surface area contributed by atoms with Gasteiger partial charge >= 0.3 is 0 Å². The standard InChI is InChI=1S/C14H11IN4O/c1-19-13-7-2-9(8-12(13)17-18-19)14(20)16-11-5-3-10(15)4-6-11/h2-8H,1H3,(H,16,20). The van der Waals surface area contributed by atoms with Gasteiger partial charge in [0, 0.05) is 21.9 Å². The third-order valence-electron chi connectivity index (χ3n) is 2.97. The number of nitrogens with one attached hydrogen (secondary N) is 1. The zero-order valence-electron chi connectivity index (χ0n) is 10.7. The molecule has 0 bridgehead atoms. The first kappa shape index (κ1) is 13.0. The van der Waals surface area contributed by atoms with Crippen LogP contribution in [0, 0.1) is 3.57 Å². The molecule has 100 valence electrons. The number of amides is 1. The van der Waals surface area contributed by atoms with E-state index in [4.69, 9.17) is 0 Å². The molecule has 6 heteroatoms. The summed E-state index contributed by atoms with van der Waals surface area (Å²) in [5.41, 5.74) is 2.95. The Morgan fingerprint density at radius 3 is 2.70 bits per heavy atom. The third-order valence-corrected chi connectivity index (χ3v) is 3.69. The van der Waals surface area contributed by atoms with E-state index in [1.807, 2.05) is 37.4 Å². The molecule has 0 aliphatic rings. The van der Waals surface area contributed by atoms with Crippen LogP contribution >= 0.6 is 22.6 Å². The van der Waals surface area contributed by atoms with Gasteiger partial charge in [-0.3, -0.25) is 4.79 Å². The van der Waals surface area contributed by atoms with Gasteiger partial charge in [0.25, 0.3) is 5.91 Å². The summed E-state index contributed by atoms with van der Waals surface area (Å²) in [6.45, 7) is 0. The molecule has 0 unspecified atom stereocenters. The number of fused-ring (bicyclic) bond motifs is 1. The van der Waals surface area contributed by atoms with Crippen LogP contribution in [0.4, 0.5) is 5.69 Å². The predicted octanol–water partition coefficient (Wildman–Crippen LogP) is 2.83. The average Bonchev–Trinajstić information content (AvgIpc) is 2.82. The number of nitrogens with zero attached hydrogens (tertiary/aromatic N) is 3. The lowest BCUT2D eigenvalue weighted by Gasteiger charge is -2.05. The highest BCUT2D eigenvalue weighted by atomic mass is 127. The van der Waals surface area contributed by atoms with Crippen molar-refractivity contribution in [1.29, 1.82) is 0 Å². The molecule has 0 radical (unpaired) electrons. The smallest absolute Gasteiger partial charge is 0.255 e. The molecule has 1 amide bonds. The van der Waals surface area contributed by atoms with Gasteiger partial charge in [0.1, 0.15) is 5.52 Å². The van der Waals surface area contributed by atoms with Crippen LogP contribution in [0.1, 0.15) is 10.4 Å². The van der Waals surface area contributed by atoms with E-state index < -0.39 is 0 Å². The fourth-order valence-corrected chi connectivity index (χ4v) is 2.28. The second kappa shape index (κ2) is 5.20. The van der Waals surface area contributed by atoms with Crippen molar-refractivity contribution in [2.45, 2.75) is 0 Å². The molecule has 1 N–H and O–H groups in total. The summed E-state index contributed by atoms with van der Waals surface area (Å²) in [6.07, 6.45) is 0. The molecule has 1 heterocycles. The number of carbonyl (C=O) groups excluding carboxylic acids is 1. The zero-order valence-corrected chi connectivity index (χ0v) is 12.8. The largest absolute Gasteiger partial charge is 0.322 e. The number of carbonyl (C=O) groups is 1. The minimum absolute atomic E-state index is 0.154. The molecular formula is C14H11IN4O. The maximum absolute atomic E-state index is 12.2. The molecule has 1 aromatic heterocycles. The molecule has 0 aliphatic heterocycles. The van der Waals surface area contributed by atoms with Gasteiger partial charge in [-0.1, -0.05) is 5.21 Å². The van der Waals surface area contributed by atoms with E-state index in [1.54, 1.807) is 16.8 Å². The molecular weight excluding hydrogens is 367 g/mol. The van der Waals surface area contributed by atoms with Crippen LogP contribution < -0.4 is 5.32 Å². The predicted molar refractivity (Wildman–Crippen MR) is 85.6 cm³/mol. The summed E-state index contributed by atoms with van der Waals surface area (Å²) in [5.74, 6) is -0.154. The first-order valence-electron chi connectivity index (χ1n) is 6.00. The van der Waals surface area contributed by atoms with E-state index >= 15 is 0 Å². The van der Waals surface area contributed by atoms with Gasteiger partial charge in [0.2, 0.25) is 0 Å². The Labute approximate surface area is 129 Å². The van der Waals surface area contributed by atoms with E-state index in [9.17, 15) is 4.79 Å². The zero-order chi connectivity index (χ0) is 14.1. The van der Waals surface area contributed by atoms with Crippen molar-refractivity contribution >= 4 is 45.2 Å². The van der Waals surface area contributed by atoms with Crippen molar-refractivity contribution in [1.82, 2.24) is 15.0 Å². The molecule has 0 saturated carbocycles. The van der Waals surface area contributed by atoms with Gasteiger partial charge < -0.3 is 5.32 Å². The van der Waals surface area contributed by atoms with Crippen molar-refractivity contribution in [3.8, 4) is 0 Å². The lowest BCUT2D eigenvalue weighted by Crippen LogP contribution is -2.11. The third kappa shape index (κ3) is 2.51. The molecule has 0 fully saturated rings. The molecule has 0 atom stereocenters. The number of anilines is 1. The number of aryl methyl sites for hydroxylation is 1. The van der Waals surface area contributed by atoms with Crippen molar-refractivity contribution in [2.75, 3.05) is 5.32 Å². The second-order valence-corrected chi connectivity index (χ2v) is 5.62. The first-order chi connectivity index (χ1) is 9.63. The van der Waals surface area contributed by atoms with Gasteiger partial charge in [-0.15, -0.1) is 5.10 Å². The van der Waals surface area contributed by atoms with E-state index in [-0.39, 0.29) is 5.91 Å². The molecule has 0 saturated heterocycles. The number of rotatable bonds is 2. The second-order valence-electron chi connectivity index (χ2n) is 4.38. The van der Waals surface area contributed by atoms with Crippen LogP contribution in [0.5, 0.6) is 0 Å². The Balaban J connectivity index is 1.86. The summed E-state index contributed by atoms with van der Waals surface area (Å²) >= 11 is 2.22. The van der Waals surface area contributed by atoms with Crippen LogP contribution in [0.3, 0.4) is 0 Å². The quantitative estimate of drug-likeness (QED) is 0.698. The van der Waals surface area contributed by atoms with E-state index in [1.165, 1.54) is 0 Å². The van der Waals surface area contributed by atoms with Crippen molar-refractivity contribution in [3.63, 3.8) is 0 Å². The molecule has 0 spiro atoms. The van der Waals surface area contributed by atoms with Gasteiger partial charge in [-0.2, -0.15) is 0 Å². The number of halogens is 1. The summed E-state index contributed by atoms with van der Waals surface area (Å²) in [5, 5.41) is 10.8. The fraction of sp³-hybridized carbons (Fsp3) is 0.0714. The maximum Gasteiger partial charge on any atom is 0.255 e. The summed E-state index contributed by atoms with van der Waals surface area (Å²) in [4.78, 5) is 12.2. The normalized spacial score (nSPS) is 10.7. The minimum atomic E-state index is -0.154. The van der Waals surface area contributed by atoms with Crippen molar-refractivity contribution in [2.24, 2.45) is 7.05 Å². The Morgan fingerprint density at radius 2 is 1.95 bits per heavy atom. The minimum Gasteiger partial charge on any atom is -0.322 e. The highest BCUT2D eigenvalue weighted by Crippen LogP contribution is 2.15. The Morgan fingerprint density at radius 1 is 1.20 bits per heavy atom. The summed E-state index contributed by atoms with van der Waals surface area (Å²) < 4.78 is 2.80. The number of aromatic nitrogens is 3. The highest BCUT2D eigenvalue weighted by Gasteiger charge is 2.09. The van der Waals surface area contributed by atoms with Gasteiger partial charge in [0.05, 0.1) is 5.52 Å². The Hall–Kier alpha value is -1.96. The Kier molecular flexibility index (Phi) is 3.39. The molecule has 2 aromatic carbocycles. The van der Waals surface area contributed by atoms with E-state index in [2.05, 4.69) is 38.2 Å². The summed E-state index contributed by atoms with van der Waals surface area (Å²) in [7, 11) is 1.82. The highest BCUT2D eigenvalue weighted by molar-refractivity contribution is 14.1. The number of hydrogen-bond acceptors (Lipinski definition) is 3. The molecule has 3 rings (SSSR count). The lowest BCUT2D eigenvalue weighted by molar-refractivity contribution is 0.102. The van der Waals surface area contributed by atoms with Crippen LogP contribution in [-0.2, 0) is 7.05 Å². The maximum atomic E-state index is 12.2. The van der Waals surface area contributed by atoms with E-state index in [0.29, 0.717) is 11.1 Å². The van der Waals surface area contributed by atoms with Crippen LogP contribution in [0.2, 0.25) is 0 Å². The molecule has 3 aromatic rings. The van der Waals surface area contributed by atoms with Crippen LogP contribution in [-0.4, -0.2) is 20.9 Å². The van der Waals surface area contributed by atoms with Crippen LogP contribution in [0.15, 0.2) is 42.5 Å². The van der Waals surface area contributed by atoms with Crippen LogP contribution in [0.25, 0.3) is 11.0 Å². The molecule has 0 aliphatic carbocycles. The number of hydrogen-bond donors (Lipinski definition) is 1. The van der Waals surface area contributed by atoms with Crippen molar-refractivity contribution < 1.29 is 4.79 Å². The van der Waals surface area contributed by atoms with Crippen molar-refractivity contribution in [3.05, 3.63) is 51.6 Å². The molecule has 20 heavy (non-hydrogen) atoms. The average molecular weight is 378 g/mol.